The normalized spacial score (nSPS) is 10.7. The van der Waals surface area contributed by atoms with E-state index in [1.165, 1.54) is 10.8 Å². The first-order valence-corrected chi connectivity index (χ1v) is 13.3. The van der Waals surface area contributed by atoms with E-state index in [9.17, 15) is 0 Å². The molecule has 0 aliphatic heterocycles. The third-order valence-electron chi connectivity index (χ3n) is 5.63. The fourth-order valence-electron chi connectivity index (χ4n) is 3.98. The molecule has 0 atom stereocenters. The maximum atomic E-state index is 6.05. The lowest BCUT2D eigenvalue weighted by Gasteiger charge is -2.24. The number of hydrazone groups is 1. The zero-order valence-electron chi connectivity index (χ0n) is 22.5. The lowest BCUT2D eigenvalue weighted by atomic mass is 10.1. The van der Waals surface area contributed by atoms with Crippen LogP contribution in [0.5, 0.6) is 5.88 Å². The number of nitrogens with one attached hydrogen (secondary N) is 1. The Morgan fingerprint density at radius 2 is 1.65 bits per heavy atom. The average molecular weight is 498 g/mol. The molecule has 194 valence electrons. The quantitative estimate of drug-likeness (QED) is 0.164. The summed E-state index contributed by atoms with van der Waals surface area (Å²) in [6.45, 7) is 10.9. The zero-order chi connectivity index (χ0) is 26.3. The largest absolute Gasteiger partial charge is 0.477 e. The molecule has 2 aromatic heterocycles. The summed E-state index contributed by atoms with van der Waals surface area (Å²) >= 11 is 0. The van der Waals surface area contributed by atoms with E-state index in [-0.39, 0.29) is 0 Å². The smallest absolute Gasteiger partial charge is 0.215 e. The predicted octanol–water partition coefficient (Wildman–Crippen LogP) is 7.35. The number of pyridine rings is 2. The second-order valence-corrected chi connectivity index (χ2v) is 8.43. The van der Waals surface area contributed by atoms with Crippen LogP contribution in [0.25, 0.3) is 10.8 Å². The van der Waals surface area contributed by atoms with Crippen LogP contribution in [0.2, 0.25) is 0 Å². The molecule has 0 spiro atoms. The van der Waals surface area contributed by atoms with Gasteiger partial charge >= 0.3 is 0 Å². The SMILES string of the molecule is CC.CCCN(CCC)c1cc(/C=N/Nc2ccc3ccccc3c2)nc(OCCc2ccccn2)c1. The topological polar surface area (TPSA) is 62.6 Å². The molecule has 0 fully saturated rings. The van der Waals surface area contributed by atoms with E-state index in [1.807, 2.05) is 56.3 Å². The summed E-state index contributed by atoms with van der Waals surface area (Å²) in [6, 6.07) is 24.5. The molecule has 0 aliphatic rings. The van der Waals surface area contributed by atoms with Crippen LogP contribution in [0, 0.1) is 0 Å². The molecule has 0 radical (unpaired) electrons. The molecule has 6 heteroatoms. The van der Waals surface area contributed by atoms with Crippen LogP contribution in [0.1, 0.15) is 51.9 Å². The Bertz CT molecular complexity index is 1240. The first-order chi connectivity index (χ1) is 18.2. The molecule has 6 nitrogen and oxygen atoms in total. The van der Waals surface area contributed by atoms with Crippen LogP contribution >= 0.6 is 0 Å². The first-order valence-electron chi connectivity index (χ1n) is 13.3. The van der Waals surface area contributed by atoms with Crippen molar-refractivity contribution >= 4 is 28.4 Å². The first kappa shape index (κ1) is 27.7. The zero-order valence-corrected chi connectivity index (χ0v) is 22.5. The van der Waals surface area contributed by atoms with Gasteiger partial charge in [-0.1, -0.05) is 64.1 Å². The Morgan fingerprint density at radius 1 is 0.892 bits per heavy atom. The fraction of sp³-hybridized carbons (Fsp3) is 0.323. The monoisotopic (exact) mass is 497 g/mol. The van der Waals surface area contributed by atoms with Crippen LogP contribution < -0.4 is 15.1 Å². The highest BCUT2D eigenvalue weighted by Crippen LogP contribution is 2.22. The highest BCUT2D eigenvalue weighted by Gasteiger charge is 2.10. The molecule has 0 amide bonds. The van der Waals surface area contributed by atoms with Crippen molar-refractivity contribution in [3.05, 3.63) is 90.4 Å². The van der Waals surface area contributed by atoms with Crippen LogP contribution in [-0.4, -0.2) is 35.9 Å². The van der Waals surface area contributed by atoms with Gasteiger partial charge in [0.05, 0.1) is 24.2 Å². The van der Waals surface area contributed by atoms with E-state index in [4.69, 9.17) is 4.74 Å². The molecule has 0 saturated heterocycles. The van der Waals surface area contributed by atoms with Gasteiger partial charge < -0.3 is 9.64 Å². The predicted molar refractivity (Wildman–Crippen MR) is 157 cm³/mol. The standard InChI is InChI=1S/C29H33N5O.C2H6/c1-3-16-34(17-4-2)28-20-27(32-29(21-28)35-18-14-25-11-7-8-15-30-25)22-31-33-26-13-12-23-9-5-6-10-24(23)19-26;1-2/h5-13,15,19-22,33H,3-4,14,16-18H2,1-2H3;1-2H3/b31-22+;. The minimum Gasteiger partial charge on any atom is -0.477 e. The molecular formula is C31H39N5O. The van der Waals surface area contributed by atoms with E-state index >= 15 is 0 Å². The Hall–Kier alpha value is -3.93. The van der Waals surface area contributed by atoms with E-state index in [0.717, 1.165) is 55.1 Å². The van der Waals surface area contributed by atoms with Crippen LogP contribution in [-0.2, 0) is 6.42 Å². The molecule has 2 heterocycles. The van der Waals surface area contributed by atoms with Crippen molar-refractivity contribution < 1.29 is 4.74 Å². The molecule has 4 rings (SSSR count). The van der Waals surface area contributed by atoms with E-state index < -0.39 is 0 Å². The van der Waals surface area contributed by atoms with Crippen LogP contribution in [0.4, 0.5) is 11.4 Å². The highest BCUT2D eigenvalue weighted by atomic mass is 16.5. The number of aromatic nitrogens is 2. The summed E-state index contributed by atoms with van der Waals surface area (Å²) in [6.07, 6.45) is 6.43. The van der Waals surface area contributed by atoms with E-state index in [1.54, 1.807) is 12.4 Å². The van der Waals surface area contributed by atoms with Crippen molar-refractivity contribution in [2.45, 2.75) is 47.0 Å². The number of fused-ring (bicyclic) bond motifs is 1. The summed E-state index contributed by atoms with van der Waals surface area (Å²) in [5.41, 5.74) is 6.92. The number of benzene rings is 2. The van der Waals surface area contributed by atoms with Crippen molar-refractivity contribution in [3.63, 3.8) is 0 Å². The van der Waals surface area contributed by atoms with Crippen molar-refractivity contribution in [1.82, 2.24) is 9.97 Å². The number of ether oxygens (including phenoxy) is 1. The van der Waals surface area contributed by atoms with Gasteiger partial charge in [0.1, 0.15) is 0 Å². The van der Waals surface area contributed by atoms with Gasteiger partial charge in [0.15, 0.2) is 0 Å². The molecular weight excluding hydrogens is 458 g/mol. The number of rotatable bonds is 12. The lowest BCUT2D eigenvalue weighted by molar-refractivity contribution is 0.308. The van der Waals surface area contributed by atoms with Crippen LogP contribution in [0.3, 0.4) is 0 Å². The summed E-state index contributed by atoms with van der Waals surface area (Å²) < 4.78 is 6.05. The number of hydrogen-bond acceptors (Lipinski definition) is 6. The Balaban J connectivity index is 0.00000186. The highest BCUT2D eigenvalue weighted by molar-refractivity contribution is 5.86. The van der Waals surface area contributed by atoms with Crippen molar-refractivity contribution in [2.24, 2.45) is 5.10 Å². The van der Waals surface area contributed by atoms with Crippen molar-refractivity contribution in [2.75, 3.05) is 30.0 Å². The van der Waals surface area contributed by atoms with E-state index in [2.05, 4.69) is 69.6 Å². The van der Waals surface area contributed by atoms with Gasteiger partial charge in [-0.05, 0) is 53.9 Å². The number of nitrogens with zero attached hydrogens (tertiary/aromatic N) is 4. The van der Waals surface area contributed by atoms with Crippen molar-refractivity contribution in [3.8, 4) is 5.88 Å². The van der Waals surface area contributed by atoms with Crippen LogP contribution in [0.15, 0.2) is 84.1 Å². The summed E-state index contributed by atoms with van der Waals surface area (Å²) in [5, 5.41) is 6.84. The Kier molecular flexibility index (Phi) is 11.4. The molecule has 0 aliphatic carbocycles. The summed E-state index contributed by atoms with van der Waals surface area (Å²) in [7, 11) is 0. The van der Waals surface area contributed by atoms with Gasteiger partial charge in [0, 0.05) is 43.2 Å². The van der Waals surface area contributed by atoms with Gasteiger partial charge in [-0.25, -0.2) is 4.98 Å². The van der Waals surface area contributed by atoms with Gasteiger partial charge in [-0.15, -0.1) is 0 Å². The third-order valence-corrected chi connectivity index (χ3v) is 5.63. The van der Waals surface area contributed by atoms with Gasteiger partial charge in [0.2, 0.25) is 5.88 Å². The molecule has 0 unspecified atom stereocenters. The van der Waals surface area contributed by atoms with E-state index in [0.29, 0.717) is 12.5 Å². The van der Waals surface area contributed by atoms with Crippen molar-refractivity contribution in [1.29, 1.82) is 0 Å². The second kappa shape index (κ2) is 15.2. The number of hydrogen-bond donors (Lipinski definition) is 1. The van der Waals surface area contributed by atoms with Gasteiger partial charge in [0.25, 0.3) is 0 Å². The maximum absolute atomic E-state index is 6.05. The maximum Gasteiger partial charge on any atom is 0.215 e. The average Bonchev–Trinajstić information content (AvgIpc) is 2.94. The second-order valence-electron chi connectivity index (χ2n) is 8.43. The molecule has 1 N–H and O–H groups in total. The lowest BCUT2D eigenvalue weighted by Crippen LogP contribution is -2.25. The molecule has 2 aromatic carbocycles. The molecule has 0 bridgehead atoms. The molecule has 4 aromatic rings. The van der Waals surface area contributed by atoms with Gasteiger partial charge in [-0.2, -0.15) is 5.10 Å². The Labute approximate surface area is 221 Å². The summed E-state index contributed by atoms with van der Waals surface area (Å²) in [4.78, 5) is 11.4. The minimum absolute atomic E-state index is 0.515. The molecule has 0 saturated carbocycles. The fourth-order valence-corrected chi connectivity index (χ4v) is 3.98. The third kappa shape index (κ3) is 8.60. The Morgan fingerprint density at radius 3 is 2.38 bits per heavy atom. The molecule has 37 heavy (non-hydrogen) atoms. The summed E-state index contributed by atoms with van der Waals surface area (Å²) in [5.74, 6) is 0.600. The van der Waals surface area contributed by atoms with Gasteiger partial charge in [-0.3, -0.25) is 10.4 Å². The minimum atomic E-state index is 0.515. The number of anilines is 2.